The minimum atomic E-state index is -0.650. The lowest BCUT2D eigenvalue weighted by molar-refractivity contribution is -0.348. The van der Waals surface area contributed by atoms with Gasteiger partial charge in [-0.05, 0) is 22.1 Å². The van der Waals surface area contributed by atoms with E-state index < -0.39 is 16.7 Å². The Kier molecular flexibility index (Phi) is 1.82. The Morgan fingerprint density at radius 3 is 2.65 bits per heavy atom. The number of dihydropyridines is 1. The zero-order valence-corrected chi connectivity index (χ0v) is 8.58. The maximum Gasteiger partial charge on any atom is 0.383 e. The molecule has 0 fully saturated rings. The molecule has 82 valence electrons. The minimum absolute atomic E-state index is 0.404. The molecule has 0 spiro atoms. The van der Waals surface area contributed by atoms with Gasteiger partial charge in [-0.25, -0.2) is 4.79 Å². The van der Waals surface area contributed by atoms with E-state index in [1.807, 2.05) is 24.3 Å². The van der Waals surface area contributed by atoms with Crippen LogP contribution in [0.2, 0.25) is 0 Å². The standard InChI is InChI=1S/C12H6N2O3/c15-12-10-5-7-3-1-2-4-8(7)9(10)6-11(13-12)14(16)17/h1-6H. The minimum Gasteiger partial charge on any atom is -0.358 e. The van der Waals surface area contributed by atoms with E-state index in [2.05, 4.69) is 4.99 Å². The fourth-order valence-corrected chi connectivity index (χ4v) is 2.00. The van der Waals surface area contributed by atoms with Crippen molar-refractivity contribution in [1.82, 2.24) is 0 Å². The zero-order chi connectivity index (χ0) is 12.0. The van der Waals surface area contributed by atoms with Gasteiger partial charge in [0.15, 0.2) is 0 Å². The number of nitrogens with zero attached hydrogens (tertiary/aromatic N) is 2. The topological polar surface area (TPSA) is 72.6 Å². The van der Waals surface area contributed by atoms with Crippen molar-refractivity contribution in [3.05, 3.63) is 57.2 Å². The second-order valence-corrected chi connectivity index (χ2v) is 3.74. The Bertz CT molecular complexity index is 653. The number of benzene rings is 1. The number of hydrogen-bond donors (Lipinski definition) is 0. The largest absolute Gasteiger partial charge is 0.383 e. The van der Waals surface area contributed by atoms with Crippen molar-refractivity contribution < 1.29 is 9.72 Å². The summed E-state index contributed by atoms with van der Waals surface area (Å²) in [4.78, 5) is 25.1. The van der Waals surface area contributed by atoms with Gasteiger partial charge in [0, 0.05) is 16.6 Å². The van der Waals surface area contributed by atoms with Crippen LogP contribution in [0, 0.1) is 10.1 Å². The molecular formula is C12H6N2O3. The second-order valence-electron chi connectivity index (χ2n) is 3.74. The van der Waals surface area contributed by atoms with Crippen molar-refractivity contribution in [3.8, 4) is 0 Å². The lowest BCUT2D eigenvalue weighted by Crippen LogP contribution is -2.17. The molecule has 1 aromatic carbocycles. The van der Waals surface area contributed by atoms with Crippen molar-refractivity contribution in [3.63, 3.8) is 0 Å². The number of rotatable bonds is 0. The molecule has 5 heteroatoms. The summed E-state index contributed by atoms with van der Waals surface area (Å²) in [7, 11) is 0. The summed E-state index contributed by atoms with van der Waals surface area (Å²) in [6.45, 7) is 0. The molecule has 17 heavy (non-hydrogen) atoms. The van der Waals surface area contributed by atoms with Crippen LogP contribution in [-0.4, -0.2) is 16.7 Å². The van der Waals surface area contributed by atoms with E-state index in [9.17, 15) is 14.9 Å². The van der Waals surface area contributed by atoms with E-state index in [1.54, 1.807) is 6.08 Å². The average Bonchev–Trinajstić information content (AvgIpc) is 2.68. The molecular weight excluding hydrogens is 220 g/mol. The highest BCUT2D eigenvalue weighted by Gasteiger charge is 2.33. The molecule has 0 saturated heterocycles. The Labute approximate surface area is 95.9 Å². The predicted molar refractivity (Wildman–Crippen MR) is 61.8 cm³/mol. The summed E-state index contributed by atoms with van der Waals surface area (Å²) in [5, 5.41) is 10.7. The number of amidine groups is 1. The molecule has 1 amide bonds. The van der Waals surface area contributed by atoms with Gasteiger partial charge >= 0.3 is 11.7 Å². The fourth-order valence-electron chi connectivity index (χ4n) is 2.00. The third kappa shape index (κ3) is 1.32. The van der Waals surface area contributed by atoms with Gasteiger partial charge in [0.05, 0.1) is 5.57 Å². The summed E-state index contributed by atoms with van der Waals surface area (Å²) in [5.41, 5.74) is 2.75. The molecule has 0 radical (unpaired) electrons. The maximum atomic E-state index is 11.7. The Hall–Kier alpha value is -2.56. The SMILES string of the molecule is O=C1N=C([N+](=O)[O-])C=C2C1=Cc1ccccc12. The van der Waals surface area contributed by atoms with Crippen LogP contribution < -0.4 is 0 Å². The van der Waals surface area contributed by atoms with E-state index in [0.29, 0.717) is 11.1 Å². The zero-order valence-electron chi connectivity index (χ0n) is 8.58. The molecule has 1 aliphatic heterocycles. The van der Waals surface area contributed by atoms with Gasteiger partial charge in [-0.1, -0.05) is 24.3 Å². The van der Waals surface area contributed by atoms with Crippen LogP contribution in [0.1, 0.15) is 11.1 Å². The number of carbonyl (C=O) groups excluding carboxylic acids is 1. The molecule has 1 aromatic rings. The lowest BCUT2D eigenvalue weighted by atomic mass is 10.0. The van der Waals surface area contributed by atoms with Crippen LogP contribution in [-0.2, 0) is 4.79 Å². The first kappa shape index (κ1) is 9.65. The Morgan fingerprint density at radius 2 is 1.88 bits per heavy atom. The van der Waals surface area contributed by atoms with E-state index in [-0.39, 0.29) is 0 Å². The van der Waals surface area contributed by atoms with Crippen molar-refractivity contribution in [2.24, 2.45) is 4.99 Å². The third-order valence-electron chi connectivity index (χ3n) is 2.75. The number of hydrogen-bond acceptors (Lipinski definition) is 3. The van der Waals surface area contributed by atoms with Gasteiger partial charge < -0.3 is 10.1 Å². The van der Waals surface area contributed by atoms with E-state index >= 15 is 0 Å². The van der Waals surface area contributed by atoms with Crippen molar-refractivity contribution in [2.45, 2.75) is 0 Å². The molecule has 0 atom stereocenters. The third-order valence-corrected chi connectivity index (χ3v) is 2.75. The fraction of sp³-hybridized carbons (Fsp3) is 0. The van der Waals surface area contributed by atoms with Crippen molar-refractivity contribution in [2.75, 3.05) is 0 Å². The van der Waals surface area contributed by atoms with Crippen LogP contribution in [0.5, 0.6) is 0 Å². The first-order valence-electron chi connectivity index (χ1n) is 4.97. The second kappa shape index (κ2) is 3.21. The first-order valence-corrected chi connectivity index (χ1v) is 4.97. The summed E-state index contributed by atoms with van der Waals surface area (Å²) >= 11 is 0. The maximum absolute atomic E-state index is 11.7. The number of nitro groups is 1. The summed E-state index contributed by atoms with van der Waals surface area (Å²) in [6, 6.07) is 7.38. The van der Waals surface area contributed by atoms with E-state index in [4.69, 9.17) is 0 Å². The highest BCUT2D eigenvalue weighted by atomic mass is 16.6. The van der Waals surface area contributed by atoms with Crippen LogP contribution in [0.3, 0.4) is 0 Å². The molecule has 0 bridgehead atoms. The summed E-state index contributed by atoms with van der Waals surface area (Å²) < 4.78 is 0. The van der Waals surface area contributed by atoms with E-state index in [1.165, 1.54) is 6.08 Å². The first-order chi connectivity index (χ1) is 8.16. The molecule has 0 N–H and O–H groups in total. The smallest absolute Gasteiger partial charge is 0.358 e. The molecule has 3 rings (SSSR count). The highest BCUT2D eigenvalue weighted by molar-refractivity contribution is 6.25. The molecule has 1 aliphatic carbocycles. The molecule has 5 nitrogen and oxygen atoms in total. The van der Waals surface area contributed by atoms with Gasteiger partial charge in [0.1, 0.15) is 0 Å². The van der Waals surface area contributed by atoms with Crippen LogP contribution in [0.4, 0.5) is 0 Å². The van der Waals surface area contributed by atoms with Crippen molar-refractivity contribution in [1.29, 1.82) is 0 Å². The van der Waals surface area contributed by atoms with Gasteiger partial charge in [-0.3, -0.25) is 0 Å². The average molecular weight is 226 g/mol. The van der Waals surface area contributed by atoms with Crippen molar-refractivity contribution >= 4 is 23.4 Å². The molecule has 1 heterocycles. The number of aliphatic imine (C=N–C) groups is 1. The normalized spacial score (nSPS) is 16.7. The van der Waals surface area contributed by atoms with Gasteiger partial charge in [0.2, 0.25) is 0 Å². The predicted octanol–water partition coefficient (Wildman–Crippen LogP) is 1.68. The van der Waals surface area contributed by atoms with Crippen LogP contribution in [0.25, 0.3) is 11.6 Å². The van der Waals surface area contributed by atoms with E-state index in [0.717, 1.165) is 11.1 Å². The van der Waals surface area contributed by atoms with Crippen LogP contribution >= 0.6 is 0 Å². The quantitative estimate of drug-likeness (QED) is 0.499. The van der Waals surface area contributed by atoms with Gasteiger partial charge in [-0.2, -0.15) is 0 Å². The highest BCUT2D eigenvalue weighted by Crippen LogP contribution is 2.37. The molecule has 0 saturated carbocycles. The molecule has 2 aliphatic rings. The number of fused-ring (bicyclic) bond motifs is 3. The van der Waals surface area contributed by atoms with Gasteiger partial charge in [-0.15, -0.1) is 0 Å². The number of amides is 1. The summed E-state index contributed by atoms with van der Waals surface area (Å²) in [5.74, 6) is -0.954. The van der Waals surface area contributed by atoms with Crippen LogP contribution in [0.15, 0.2) is 40.9 Å². The Balaban J connectivity index is 2.22. The number of carbonyl (C=O) groups is 1. The Morgan fingerprint density at radius 1 is 1.12 bits per heavy atom. The van der Waals surface area contributed by atoms with Gasteiger partial charge in [0.25, 0.3) is 0 Å². The summed E-state index contributed by atoms with van der Waals surface area (Å²) in [6.07, 6.45) is 3.06. The molecule has 0 unspecified atom stereocenters. The molecule has 0 aromatic heterocycles. The lowest BCUT2D eigenvalue weighted by Gasteiger charge is -2.05. The monoisotopic (exact) mass is 226 g/mol.